The summed E-state index contributed by atoms with van der Waals surface area (Å²) in [5.41, 5.74) is 7.71. The molecule has 0 radical (unpaired) electrons. The average molecular weight is 441 g/mol. The monoisotopic (exact) mass is 440 g/mol. The molecule has 6 nitrogen and oxygen atoms in total. The molecule has 2 aromatic heterocycles. The molecule has 0 bridgehead atoms. The molecule has 0 amide bonds. The van der Waals surface area contributed by atoms with Crippen LogP contribution in [0.3, 0.4) is 0 Å². The maximum atomic E-state index is 6.07. The molecule has 0 saturated carbocycles. The van der Waals surface area contributed by atoms with E-state index in [4.69, 9.17) is 9.47 Å². The highest BCUT2D eigenvalue weighted by atomic mass is 16.5. The van der Waals surface area contributed by atoms with E-state index in [0.717, 1.165) is 76.8 Å². The Morgan fingerprint density at radius 1 is 0.844 bits per heavy atom. The minimum atomic E-state index is 0.146. The Balaban J connectivity index is 1.33. The number of nitrogens with zero attached hydrogens (tertiary/aromatic N) is 2. The number of H-pyrrole nitrogens is 2. The third-order valence-electron chi connectivity index (χ3n) is 6.22. The summed E-state index contributed by atoms with van der Waals surface area (Å²) in [6.07, 6.45) is 15.4. The molecule has 1 aliphatic rings. The molecule has 1 atom stereocenters. The fourth-order valence-electron chi connectivity index (χ4n) is 4.38. The zero-order valence-electron chi connectivity index (χ0n) is 20.3. The van der Waals surface area contributed by atoms with Crippen molar-refractivity contribution in [1.29, 1.82) is 0 Å². The first-order chi connectivity index (χ1) is 15.7. The van der Waals surface area contributed by atoms with Crippen molar-refractivity contribution in [3.05, 3.63) is 57.9 Å². The molecule has 0 fully saturated rings. The minimum absolute atomic E-state index is 0.146. The molecule has 2 aromatic rings. The van der Waals surface area contributed by atoms with E-state index in [1.165, 1.54) is 33.9 Å². The van der Waals surface area contributed by atoms with Crippen LogP contribution in [0, 0.1) is 0 Å². The predicted octanol–water partition coefficient (Wildman–Crippen LogP) is 5.19. The van der Waals surface area contributed by atoms with Gasteiger partial charge < -0.3 is 9.47 Å². The van der Waals surface area contributed by atoms with Crippen molar-refractivity contribution in [2.24, 2.45) is 0 Å². The SMILES string of the molecule is CCc1n[nH]c(CC)c1CCCOC1=CCC(OCCCc2c(CC)n[nH]c2CC)C=C1. The highest BCUT2D eigenvalue weighted by Crippen LogP contribution is 2.19. The standard InChI is InChI=1S/C26H40N4O2/c1-5-23-21(24(6-2)28-27-23)11-9-17-31-19-13-15-20(16-14-19)32-18-10-12-22-25(7-3)29-30-26(22)8-4/h13-15,20H,5-12,16-18H2,1-4H3,(H,27,28)(H,29,30). The number of nitrogens with one attached hydrogen (secondary N) is 2. The van der Waals surface area contributed by atoms with Crippen molar-refractivity contribution in [3.63, 3.8) is 0 Å². The van der Waals surface area contributed by atoms with Crippen LogP contribution in [0.5, 0.6) is 0 Å². The van der Waals surface area contributed by atoms with Crippen LogP contribution in [0.25, 0.3) is 0 Å². The molecule has 3 rings (SSSR count). The van der Waals surface area contributed by atoms with Crippen LogP contribution in [-0.2, 0) is 48.0 Å². The van der Waals surface area contributed by atoms with Crippen molar-refractivity contribution < 1.29 is 9.47 Å². The van der Waals surface area contributed by atoms with Crippen molar-refractivity contribution in [1.82, 2.24) is 20.4 Å². The quantitative estimate of drug-likeness (QED) is 0.396. The summed E-state index contributed by atoms with van der Waals surface area (Å²) in [6, 6.07) is 0. The number of aromatic nitrogens is 4. The Bertz CT molecular complexity index is 851. The number of aromatic amines is 2. The minimum Gasteiger partial charge on any atom is -0.494 e. The molecule has 2 N–H and O–H groups in total. The van der Waals surface area contributed by atoms with E-state index < -0.39 is 0 Å². The van der Waals surface area contributed by atoms with Crippen LogP contribution in [0.2, 0.25) is 0 Å². The van der Waals surface area contributed by atoms with Crippen LogP contribution in [0.4, 0.5) is 0 Å². The Labute approximate surface area is 192 Å². The molecule has 0 saturated heterocycles. The molecule has 176 valence electrons. The van der Waals surface area contributed by atoms with Crippen LogP contribution in [0.1, 0.15) is 80.9 Å². The van der Waals surface area contributed by atoms with E-state index >= 15 is 0 Å². The fraction of sp³-hybridized carbons (Fsp3) is 0.615. The number of ether oxygens (including phenoxy) is 2. The second kappa shape index (κ2) is 12.6. The third-order valence-corrected chi connectivity index (χ3v) is 6.22. The van der Waals surface area contributed by atoms with E-state index in [1.807, 2.05) is 0 Å². The Morgan fingerprint density at radius 3 is 1.94 bits per heavy atom. The number of hydrogen-bond donors (Lipinski definition) is 2. The van der Waals surface area contributed by atoms with Gasteiger partial charge in [-0.05, 0) is 81.1 Å². The Morgan fingerprint density at radius 2 is 1.44 bits per heavy atom. The summed E-state index contributed by atoms with van der Waals surface area (Å²) in [6.45, 7) is 10.2. The van der Waals surface area contributed by atoms with Crippen LogP contribution in [-0.4, -0.2) is 39.7 Å². The molecule has 0 spiro atoms. The van der Waals surface area contributed by atoms with Gasteiger partial charge in [-0.25, -0.2) is 0 Å². The van der Waals surface area contributed by atoms with E-state index in [1.54, 1.807) is 0 Å². The number of rotatable bonds is 14. The van der Waals surface area contributed by atoms with Crippen molar-refractivity contribution in [2.75, 3.05) is 13.2 Å². The van der Waals surface area contributed by atoms with Crippen molar-refractivity contribution in [3.8, 4) is 0 Å². The molecule has 2 heterocycles. The van der Waals surface area contributed by atoms with Crippen molar-refractivity contribution in [2.45, 2.75) is 91.6 Å². The van der Waals surface area contributed by atoms with Gasteiger partial charge in [0.1, 0.15) is 5.76 Å². The van der Waals surface area contributed by atoms with Gasteiger partial charge in [0.25, 0.3) is 0 Å². The van der Waals surface area contributed by atoms with Gasteiger partial charge in [-0.15, -0.1) is 0 Å². The van der Waals surface area contributed by atoms with Gasteiger partial charge in [-0.2, -0.15) is 10.2 Å². The summed E-state index contributed by atoms with van der Waals surface area (Å²) < 4.78 is 12.1. The summed E-state index contributed by atoms with van der Waals surface area (Å²) in [4.78, 5) is 0. The maximum Gasteiger partial charge on any atom is 0.115 e. The molecule has 0 aromatic carbocycles. The zero-order chi connectivity index (χ0) is 22.8. The number of hydrogen-bond acceptors (Lipinski definition) is 4. The number of aryl methyl sites for hydroxylation is 4. The zero-order valence-corrected chi connectivity index (χ0v) is 20.3. The van der Waals surface area contributed by atoms with Gasteiger partial charge in [-0.3, -0.25) is 10.2 Å². The van der Waals surface area contributed by atoms with Gasteiger partial charge in [0.05, 0.1) is 24.1 Å². The summed E-state index contributed by atoms with van der Waals surface area (Å²) >= 11 is 0. The summed E-state index contributed by atoms with van der Waals surface area (Å²) in [5, 5.41) is 15.2. The van der Waals surface area contributed by atoms with E-state index in [0.29, 0.717) is 0 Å². The van der Waals surface area contributed by atoms with Crippen molar-refractivity contribution >= 4 is 0 Å². The first kappa shape index (κ1) is 24.3. The van der Waals surface area contributed by atoms with E-state index in [2.05, 4.69) is 66.3 Å². The lowest BCUT2D eigenvalue weighted by molar-refractivity contribution is 0.0822. The molecular weight excluding hydrogens is 400 g/mol. The highest BCUT2D eigenvalue weighted by Gasteiger charge is 2.13. The normalized spacial score (nSPS) is 15.9. The van der Waals surface area contributed by atoms with E-state index in [9.17, 15) is 0 Å². The Kier molecular flexibility index (Phi) is 9.60. The smallest absolute Gasteiger partial charge is 0.115 e. The van der Waals surface area contributed by atoms with Gasteiger partial charge in [0, 0.05) is 18.0 Å². The lowest BCUT2D eigenvalue weighted by Gasteiger charge is -2.18. The van der Waals surface area contributed by atoms with E-state index in [-0.39, 0.29) is 6.10 Å². The van der Waals surface area contributed by atoms with Gasteiger partial charge >= 0.3 is 0 Å². The lowest BCUT2D eigenvalue weighted by atomic mass is 10.0. The average Bonchev–Trinajstić information content (AvgIpc) is 3.42. The molecule has 1 aliphatic carbocycles. The Hall–Kier alpha value is -2.34. The second-order valence-electron chi connectivity index (χ2n) is 8.34. The predicted molar refractivity (Wildman–Crippen MR) is 129 cm³/mol. The fourth-order valence-corrected chi connectivity index (χ4v) is 4.38. The van der Waals surface area contributed by atoms with Crippen LogP contribution >= 0.6 is 0 Å². The number of allylic oxidation sites excluding steroid dienone is 1. The molecular formula is C26H40N4O2. The van der Waals surface area contributed by atoms with Crippen LogP contribution in [0.15, 0.2) is 24.0 Å². The van der Waals surface area contributed by atoms with Gasteiger partial charge in [0.15, 0.2) is 0 Å². The second-order valence-corrected chi connectivity index (χ2v) is 8.34. The first-order valence-electron chi connectivity index (χ1n) is 12.4. The summed E-state index contributed by atoms with van der Waals surface area (Å²) in [5.74, 6) is 0.960. The lowest BCUT2D eigenvalue weighted by Crippen LogP contribution is -2.14. The topological polar surface area (TPSA) is 75.8 Å². The largest absolute Gasteiger partial charge is 0.494 e. The summed E-state index contributed by atoms with van der Waals surface area (Å²) in [7, 11) is 0. The molecule has 0 aliphatic heterocycles. The molecule has 32 heavy (non-hydrogen) atoms. The molecule has 6 heteroatoms. The van der Waals surface area contributed by atoms with Gasteiger partial charge in [-0.1, -0.05) is 33.8 Å². The highest BCUT2D eigenvalue weighted by molar-refractivity contribution is 5.26. The van der Waals surface area contributed by atoms with Gasteiger partial charge in [0.2, 0.25) is 0 Å². The van der Waals surface area contributed by atoms with Crippen LogP contribution < -0.4 is 0 Å². The third kappa shape index (κ3) is 6.35. The first-order valence-corrected chi connectivity index (χ1v) is 12.4. The molecule has 1 unspecified atom stereocenters. The maximum absolute atomic E-state index is 6.07.